The Labute approximate surface area is 112 Å². The zero-order valence-electron chi connectivity index (χ0n) is 11.1. The van der Waals surface area contributed by atoms with Crippen molar-refractivity contribution in [2.75, 3.05) is 12.1 Å². The molecule has 2 aromatic rings. The lowest BCUT2D eigenvalue weighted by Crippen LogP contribution is -2.02. The van der Waals surface area contributed by atoms with Crippen LogP contribution in [-0.4, -0.2) is 16.6 Å². The smallest absolute Gasteiger partial charge is 0.231 e. The van der Waals surface area contributed by atoms with E-state index in [9.17, 15) is 0 Å². The Hall–Kier alpha value is -2.17. The third kappa shape index (κ3) is 2.23. The number of rotatable bonds is 4. The molecule has 1 aliphatic rings. The molecular formula is C14H17N3O2. The molecular weight excluding hydrogens is 242 g/mol. The van der Waals surface area contributed by atoms with Crippen molar-refractivity contribution in [2.24, 2.45) is 7.05 Å². The molecule has 5 nitrogen and oxygen atoms in total. The van der Waals surface area contributed by atoms with Crippen LogP contribution in [0.25, 0.3) is 0 Å². The number of hydrogen-bond donors (Lipinski definition) is 1. The Kier molecular flexibility index (Phi) is 3.03. The quantitative estimate of drug-likeness (QED) is 0.915. The van der Waals surface area contributed by atoms with Gasteiger partial charge in [0.1, 0.15) is 0 Å². The largest absolute Gasteiger partial charge is 0.454 e. The minimum atomic E-state index is 0.305. The normalized spacial score (nSPS) is 12.7. The SMILES string of the molecule is CCc1nn(C)cc1NCc1cccc2c1OCO2. The molecule has 0 aliphatic carbocycles. The number of nitrogens with zero attached hydrogens (tertiary/aromatic N) is 2. The van der Waals surface area contributed by atoms with Crippen molar-refractivity contribution in [3.63, 3.8) is 0 Å². The molecule has 0 unspecified atom stereocenters. The topological polar surface area (TPSA) is 48.3 Å². The van der Waals surface area contributed by atoms with Gasteiger partial charge in [-0.15, -0.1) is 0 Å². The van der Waals surface area contributed by atoms with Crippen molar-refractivity contribution >= 4 is 5.69 Å². The van der Waals surface area contributed by atoms with Gasteiger partial charge in [0.2, 0.25) is 6.79 Å². The molecule has 1 aliphatic heterocycles. The number of hydrogen-bond acceptors (Lipinski definition) is 4. The van der Waals surface area contributed by atoms with Crippen LogP contribution in [0.15, 0.2) is 24.4 Å². The van der Waals surface area contributed by atoms with Crippen molar-refractivity contribution < 1.29 is 9.47 Å². The van der Waals surface area contributed by atoms with Gasteiger partial charge in [0, 0.05) is 25.4 Å². The summed E-state index contributed by atoms with van der Waals surface area (Å²) < 4.78 is 12.7. The summed E-state index contributed by atoms with van der Waals surface area (Å²) in [6.45, 7) is 3.11. The Morgan fingerprint density at radius 2 is 2.26 bits per heavy atom. The minimum absolute atomic E-state index is 0.305. The van der Waals surface area contributed by atoms with Gasteiger partial charge in [-0.05, 0) is 12.5 Å². The lowest BCUT2D eigenvalue weighted by atomic mass is 10.2. The number of ether oxygens (including phenoxy) is 2. The maximum absolute atomic E-state index is 5.50. The van der Waals surface area contributed by atoms with Crippen LogP contribution in [0.1, 0.15) is 18.2 Å². The van der Waals surface area contributed by atoms with Gasteiger partial charge in [0.25, 0.3) is 0 Å². The van der Waals surface area contributed by atoms with Crippen LogP contribution in [0.2, 0.25) is 0 Å². The van der Waals surface area contributed by atoms with E-state index in [4.69, 9.17) is 9.47 Å². The molecule has 0 fully saturated rings. The summed E-state index contributed by atoms with van der Waals surface area (Å²) >= 11 is 0. The summed E-state index contributed by atoms with van der Waals surface area (Å²) in [5, 5.41) is 7.82. The highest BCUT2D eigenvalue weighted by Gasteiger charge is 2.17. The molecule has 5 heteroatoms. The van der Waals surface area contributed by atoms with Crippen LogP contribution in [0.5, 0.6) is 11.5 Å². The summed E-state index contributed by atoms with van der Waals surface area (Å²) in [5.41, 5.74) is 3.25. The van der Waals surface area contributed by atoms with Crippen molar-refractivity contribution in [3.05, 3.63) is 35.7 Å². The highest BCUT2D eigenvalue weighted by Crippen LogP contribution is 2.35. The number of anilines is 1. The lowest BCUT2D eigenvalue weighted by Gasteiger charge is -2.08. The van der Waals surface area contributed by atoms with Crippen molar-refractivity contribution in [1.29, 1.82) is 0 Å². The second-order valence-corrected chi connectivity index (χ2v) is 4.52. The van der Waals surface area contributed by atoms with Gasteiger partial charge in [-0.2, -0.15) is 5.10 Å². The number of aryl methyl sites for hydroxylation is 2. The maximum Gasteiger partial charge on any atom is 0.231 e. The van der Waals surface area contributed by atoms with Gasteiger partial charge in [0.15, 0.2) is 11.5 Å². The molecule has 1 aromatic carbocycles. The summed E-state index contributed by atoms with van der Waals surface area (Å²) in [4.78, 5) is 0. The first kappa shape index (κ1) is 11.9. The van der Waals surface area contributed by atoms with E-state index in [1.165, 1.54) is 0 Å². The van der Waals surface area contributed by atoms with Crippen molar-refractivity contribution in [1.82, 2.24) is 9.78 Å². The molecule has 0 bridgehead atoms. The van der Waals surface area contributed by atoms with E-state index in [0.717, 1.165) is 34.9 Å². The third-order valence-electron chi connectivity index (χ3n) is 3.19. The van der Waals surface area contributed by atoms with Crippen molar-refractivity contribution in [2.45, 2.75) is 19.9 Å². The van der Waals surface area contributed by atoms with E-state index in [2.05, 4.69) is 17.3 Å². The number of nitrogens with one attached hydrogen (secondary N) is 1. The van der Waals surface area contributed by atoms with Crippen LogP contribution in [0.3, 0.4) is 0 Å². The third-order valence-corrected chi connectivity index (χ3v) is 3.19. The van der Waals surface area contributed by atoms with Crippen LogP contribution >= 0.6 is 0 Å². The summed E-state index contributed by atoms with van der Waals surface area (Å²) in [7, 11) is 1.93. The van der Waals surface area contributed by atoms with E-state index >= 15 is 0 Å². The van der Waals surface area contributed by atoms with Gasteiger partial charge in [-0.3, -0.25) is 4.68 Å². The fraction of sp³-hybridized carbons (Fsp3) is 0.357. The monoisotopic (exact) mass is 259 g/mol. The maximum atomic E-state index is 5.50. The van der Waals surface area contributed by atoms with E-state index in [-0.39, 0.29) is 0 Å². The fourth-order valence-corrected chi connectivity index (χ4v) is 2.26. The van der Waals surface area contributed by atoms with Gasteiger partial charge in [-0.25, -0.2) is 0 Å². The second kappa shape index (κ2) is 4.84. The molecule has 0 spiro atoms. The fourth-order valence-electron chi connectivity index (χ4n) is 2.26. The first-order chi connectivity index (χ1) is 9.28. The van der Waals surface area contributed by atoms with Gasteiger partial charge in [-0.1, -0.05) is 19.1 Å². The van der Waals surface area contributed by atoms with Gasteiger partial charge in [0.05, 0.1) is 11.4 Å². The number of fused-ring (bicyclic) bond motifs is 1. The van der Waals surface area contributed by atoms with Gasteiger partial charge < -0.3 is 14.8 Å². The zero-order valence-corrected chi connectivity index (χ0v) is 11.1. The Balaban J connectivity index is 1.78. The van der Waals surface area contributed by atoms with E-state index in [1.54, 1.807) is 0 Å². The standard InChI is InChI=1S/C14H17N3O2/c1-3-11-12(8-17(2)16-11)15-7-10-5-4-6-13-14(10)19-9-18-13/h4-6,8,15H,3,7,9H2,1-2H3. The lowest BCUT2D eigenvalue weighted by molar-refractivity contribution is 0.173. The average molecular weight is 259 g/mol. The highest BCUT2D eigenvalue weighted by atomic mass is 16.7. The average Bonchev–Trinajstić information content (AvgIpc) is 3.02. The number of para-hydroxylation sites is 1. The predicted octanol–water partition coefficient (Wildman–Crippen LogP) is 2.32. The summed E-state index contributed by atoms with van der Waals surface area (Å²) in [5.74, 6) is 1.66. The number of benzene rings is 1. The van der Waals surface area contributed by atoms with Crippen LogP contribution in [0.4, 0.5) is 5.69 Å². The van der Waals surface area contributed by atoms with Crippen LogP contribution in [0, 0.1) is 0 Å². The Bertz CT molecular complexity index is 592. The van der Waals surface area contributed by atoms with Crippen molar-refractivity contribution in [3.8, 4) is 11.5 Å². The predicted molar refractivity (Wildman–Crippen MR) is 72.5 cm³/mol. The molecule has 19 heavy (non-hydrogen) atoms. The second-order valence-electron chi connectivity index (χ2n) is 4.52. The van der Waals surface area contributed by atoms with E-state index in [1.807, 2.05) is 36.1 Å². The molecule has 100 valence electrons. The highest BCUT2D eigenvalue weighted by molar-refractivity contribution is 5.52. The summed E-state index contributed by atoms with van der Waals surface area (Å²) in [6, 6.07) is 5.95. The molecule has 1 aromatic heterocycles. The molecule has 0 saturated heterocycles. The molecule has 0 amide bonds. The zero-order chi connectivity index (χ0) is 13.2. The molecule has 0 atom stereocenters. The summed E-state index contributed by atoms with van der Waals surface area (Å²) in [6.07, 6.45) is 2.91. The molecule has 1 N–H and O–H groups in total. The molecule has 2 heterocycles. The van der Waals surface area contributed by atoms with E-state index < -0.39 is 0 Å². The molecule has 3 rings (SSSR count). The first-order valence-corrected chi connectivity index (χ1v) is 6.42. The van der Waals surface area contributed by atoms with E-state index in [0.29, 0.717) is 13.3 Å². The van der Waals surface area contributed by atoms with Crippen LogP contribution < -0.4 is 14.8 Å². The van der Waals surface area contributed by atoms with Gasteiger partial charge >= 0.3 is 0 Å². The molecule has 0 radical (unpaired) electrons. The number of aromatic nitrogens is 2. The molecule has 0 saturated carbocycles. The Morgan fingerprint density at radius 3 is 3.11 bits per heavy atom. The minimum Gasteiger partial charge on any atom is -0.454 e. The van der Waals surface area contributed by atoms with Crippen LogP contribution in [-0.2, 0) is 20.0 Å². The Morgan fingerprint density at radius 1 is 1.37 bits per heavy atom. The first-order valence-electron chi connectivity index (χ1n) is 6.42.